The molecule has 4 rings (SSSR count). The summed E-state index contributed by atoms with van der Waals surface area (Å²) in [4.78, 5) is 13.1. The van der Waals surface area contributed by atoms with Crippen molar-refractivity contribution in [3.8, 4) is 22.7 Å². The molecular weight excluding hydrogens is 362 g/mol. The monoisotopic (exact) mass is 389 g/mol. The molecule has 150 valence electrons. The number of carbonyl (C=O) groups is 1. The van der Waals surface area contributed by atoms with Crippen LogP contribution >= 0.6 is 0 Å². The standard InChI is InChI=1S/C24H27N3O2/c1-17-7-6-10-20(15-17)27-23(24(28)25-19-8-4-3-5-9-19)16-22(26-27)18-11-13-21(29-2)14-12-18/h6-7,10-16,19H,3-5,8-9H2,1-2H3,(H,25,28). The van der Waals surface area contributed by atoms with Crippen molar-refractivity contribution >= 4 is 5.91 Å². The Morgan fingerprint density at radius 2 is 1.83 bits per heavy atom. The number of carbonyl (C=O) groups excluding carboxylic acids is 1. The number of nitrogens with one attached hydrogen (secondary N) is 1. The Balaban J connectivity index is 1.70. The van der Waals surface area contributed by atoms with E-state index in [0.717, 1.165) is 41.1 Å². The molecule has 0 unspecified atom stereocenters. The van der Waals surface area contributed by atoms with Crippen molar-refractivity contribution in [2.45, 2.75) is 45.1 Å². The lowest BCUT2D eigenvalue weighted by molar-refractivity contribution is 0.0920. The highest BCUT2D eigenvalue weighted by molar-refractivity contribution is 5.94. The topological polar surface area (TPSA) is 56.1 Å². The molecule has 1 N–H and O–H groups in total. The van der Waals surface area contributed by atoms with Gasteiger partial charge in [-0.1, -0.05) is 31.4 Å². The van der Waals surface area contributed by atoms with Crippen LogP contribution in [0.25, 0.3) is 16.9 Å². The van der Waals surface area contributed by atoms with E-state index in [0.29, 0.717) is 5.69 Å². The molecule has 1 fully saturated rings. The summed E-state index contributed by atoms with van der Waals surface area (Å²) in [6, 6.07) is 17.9. The highest BCUT2D eigenvalue weighted by Gasteiger charge is 2.22. The number of aromatic nitrogens is 2. The van der Waals surface area contributed by atoms with Crippen LogP contribution in [0.5, 0.6) is 5.75 Å². The van der Waals surface area contributed by atoms with Gasteiger partial charge in [-0.3, -0.25) is 4.79 Å². The van der Waals surface area contributed by atoms with Crippen LogP contribution in [0, 0.1) is 6.92 Å². The number of ether oxygens (including phenoxy) is 1. The molecule has 5 heteroatoms. The molecule has 0 saturated heterocycles. The van der Waals surface area contributed by atoms with Crippen LogP contribution in [0.15, 0.2) is 54.6 Å². The lowest BCUT2D eigenvalue weighted by Crippen LogP contribution is -2.37. The highest BCUT2D eigenvalue weighted by atomic mass is 16.5. The van der Waals surface area contributed by atoms with Crippen molar-refractivity contribution < 1.29 is 9.53 Å². The largest absolute Gasteiger partial charge is 0.497 e. The van der Waals surface area contributed by atoms with E-state index in [-0.39, 0.29) is 11.9 Å². The van der Waals surface area contributed by atoms with Gasteiger partial charge in [0.25, 0.3) is 5.91 Å². The molecule has 1 aliphatic rings. The van der Waals surface area contributed by atoms with Gasteiger partial charge in [-0.15, -0.1) is 0 Å². The molecule has 3 aromatic rings. The van der Waals surface area contributed by atoms with Gasteiger partial charge in [-0.05, 0) is 67.8 Å². The number of hydrogen-bond donors (Lipinski definition) is 1. The summed E-state index contributed by atoms with van der Waals surface area (Å²) in [5.74, 6) is 0.729. The molecular formula is C24H27N3O2. The van der Waals surface area contributed by atoms with Gasteiger partial charge >= 0.3 is 0 Å². The molecule has 1 amide bonds. The lowest BCUT2D eigenvalue weighted by Gasteiger charge is -2.22. The fourth-order valence-corrected chi connectivity index (χ4v) is 3.91. The first-order valence-corrected chi connectivity index (χ1v) is 10.3. The highest BCUT2D eigenvalue weighted by Crippen LogP contribution is 2.25. The molecule has 1 aliphatic carbocycles. The Bertz CT molecular complexity index is 986. The lowest BCUT2D eigenvalue weighted by atomic mass is 9.95. The molecule has 0 bridgehead atoms. The normalized spacial score (nSPS) is 14.6. The number of aryl methyl sites for hydroxylation is 1. The van der Waals surface area contributed by atoms with E-state index < -0.39 is 0 Å². The summed E-state index contributed by atoms with van der Waals surface area (Å²) >= 11 is 0. The van der Waals surface area contributed by atoms with Crippen LogP contribution in [0.2, 0.25) is 0 Å². The van der Waals surface area contributed by atoms with E-state index in [1.54, 1.807) is 11.8 Å². The summed E-state index contributed by atoms with van der Waals surface area (Å²) in [7, 11) is 1.65. The minimum atomic E-state index is -0.0642. The van der Waals surface area contributed by atoms with Gasteiger partial charge in [0, 0.05) is 11.6 Å². The van der Waals surface area contributed by atoms with Gasteiger partial charge in [0.15, 0.2) is 0 Å². The first-order valence-electron chi connectivity index (χ1n) is 10.3. The molecule has 5 nitrogen and oxygen atoms in total. The maximum atomic E-state index is 13.1. The van der Waals surface area contributed by atoms with Crippen LogP contribution < -0.4 is 10.1 Å². The van der Waals surface area contributed by atoms with Gasteiger partial charge in [-0.2, -0.15) is 5.10 Å². The van der Waals surface area contributed by atoms with E-state index >= 15 is 0 Å². The van der Waals surface area contributed by atoms with Gasteiger partial charge in [0.2, 0.25) is 0 Å². The van der Waals surface area contributed by atoms with Crippen LogP contribution in [0.4, 0.5) is 0 Å². The van der Waals surface area contributed by atoms with E-state index in [1.165, 1.54) is 19.3 Å². The Hall–Kier alpha value is -3.08. The zero-order valence-electron chi connectivity index (χ0n) is 17.0. The molecule has 1 aromatic heterocycles. The van der Waals surface area contributed by atoms with Crippen molar-refractivity contribution in [3.63, 3.8) is 0 Å². The molecule has 1 saturated carbocycles. The van der Waals surface area contributed by atoms with Crippen molar-refractivity contribution in [1.29, 1.82) is 0 Å². The smallest absolute Gasteiger partial charge is 0.270 e. The fourth-order valence-electron chi connectivity index (χ4n) is 3.91. The van der Waals surface area contributed by atoms with E-state index in [1.807, 2.05) is 61.5 Å². The van der Waals surface area contributed by atoms with Gasteiger partial charge in [0.1, 0.15) is 11.4 Å². The number of methoxy groups -OCH3 is 1. The van der Waals surface area contributed by atoms with Crippen molar-refractivity contribution in [1.82, 2.24) is 15.1 Å². The third-order valence-electron chi connectivity index (χ3n) is 5.51. The second-order valence-electron chi connectivity index (χ2n) is 7.70. The number of nitrogens with zero attached hydrogens (tertiary/aromatic N) is 2. The number of hydrogen-bond acceptors (Lipinski definition) is 3. The summed E-state index contributed by atoms with van der Waals surface area (Å²) in [6.07, 6.45) is 5.72. The molecule has 0 aliphatic heterocycles. The van der Waals surface area contributed by atoms with Gasteiger partial charge < -0.3 is 10.1 Å². The Labute approximate surface area is 171 Å². The number of rotatable bonds is 5. The maximum absolute atomic E-state index is 13.1. The summed E-state index contributed by atoms with van der Waals surface area (Å²) in [5, 5.41) is 8.00. The number of benzene rings is 2. The quantitative estimate of drug-likeness (QED) is 0.674. The fraction of sp³-hybridized carbons (Fsp3) is 0.333. The van der Waals surface area contributed by atoms with Crippen LogP contribution in [-0.4, -0.2) is 28.8 Å². The molecule has 29 heavy (non-hydrogen) atoms. The minimum Gasteiger partial charge on any atom is -0.497 e. The average molecular weight is 389 g/mol. The van der Waals surface area contributed by atoms with E-state index in [4.69, 9.17) is 9.84 Å². The van der Waals surface area contributed by atoms with Crippen molar-refractivity contribution in [2.75, 3.05) is 7.11 Å². The summed E-state index contributed by atoms with van der Waals surface area (Å²) in [6.45, 7) is 2.04. The summed E-state index contributed by atoms with van der Waals surface area (Å²) < 4.78 is 7.00. The molecule has 2 aromatic carbocycles. The first kappa shape index (κ1) is 19.2. The van der Waals surface area contributed by atoms with Gasteiger partial charge in [-0.25, -0.2) is 4.68 Å². The summed E-state index contributed by atoms with van der Waals surface area (Å²) in [5.41, 5.74) is 4.29. The second-order valence-corrected chi connectivity index (χ2v) is 7.70. The van der Waals surface area contributed by atoms with Crippen LogP contribution in [0.1, 0.15) is 48.2 Å². The molecule has 0 radical (unpaired) electrons. The number of amides is 1. The Morgan fingerprint density at radius 1 is 1.07 bits per heavy atom. The SMILES string of the molecule is COc1ccc(-c2cc(C(=O)NC3CCCCC3)n(-c3cccc(C)c3)n2)cc1. The predicted molar refractivity (Wildman–Crippen MR) is 115 cm³/mol. The third kappa shape index (κ3) is 4.34. The Kier molecular flexibility index (Phi) is 5.65. The van der Waals surface area contributed by atoms with E-state index in [2.05, 4.69) is 5.32 Å². The first-order chi connectivity index (χ1) is 14.1. The van der Waals surface area contributed by atoms with Crippen LogP contribution in [0.3, 0.4) is 0 Å². The molecule has 1 heterocycles. The maximum Gasteiger partial charge on any atom is 0.270 e. The van der Waals surface area contributed by atoms with E-state index in [9.17, 15) is 4.79 Å². The van der Waals surface area contributed by atoms with Crippen molar-refractivity contribution in [3.05, 3.63) is 65.9 Å². The minimum absolute atomic E-state index is 0.0642. The second kappa shape index (κ2) is 8.52. The molecule has 0 atom stereocenters. The van der Waals surface area contributed by atoms with Crippen molar-refractivity contribution in [2.24, 2.45) is 0 Å². The Morgan fingerprint density at radius 3 is 2.52 bits per heavy atom. The molecule has 0 spiro atoms. The van der Waals surface area contributed by atoms with Crippen LogP contribution in [-0.2, 0) is 0 Å². The van der Waals surface area contributed by atoms with Gasteiger partial charge in [0.05, 0.1) is 18.5 Å². The average Bonchev–Trinajstić information content (AvgIpc) is 3.20. The third-order valence-corrected chi connectivity index (χ3v) is 5.51. The zero-order valence-corrected chi connectivity index (χ0v) is 17.0. The predicted octanol–water partition coefficient (Wildman–Crippen LogP) is 4.92. The zero-order chi connectivity index (χ0) is 20.2.